The first-order chi connectivity index (χ1) is 9.72. The second kappa shape index (κ2) is 12.9. The summed E-state index contributed by atoms with van der Waals surface area (Å²) in [5, 5.41) is 7.00. The molecule has 3 aliphatic rings. The smallest absolute Gasteiger partial charge is 0.302 e. The molecule has 0 aromatic heterocycles. The maximum atomic E-state index is 10.2. The molecule has 0 atom stereocenters. The van der Waals surface area contributed by atoms with Crippen molar-refractivity contribution in [1.29, 1.82) is 0 Å². The van der Waals surface area contributed by atoms with Gasteiger partial charge in [-0.2, -0.15) is 0 Å². The molecule has 3 aliphatic carbocycles. The van der Waals surface area contributed by atoms with Gasteiger partial charge in [-0.3, -0.25) is 4.79 Å². The van der Waals surface area contributed by atoms with Crippen LogP contribution < -0.4 is 0 Å². The molecule has 0 saturated heterocycles. The molecular weight excluding hydrogens is 252 g/mol. The zero-order valence-corrected chi connectivity index (χ0v) is 13.2. The van der Waals surface area contributed by atoms with Gasteiger partial charge >= 0.3 is 5.97 Å². The van der Waals surface area contributed by atoms with Gasteiger partial charge in [0.05, 0.1) is 6.61 Å². The van der Waals surface area contributed by atoms with Gasteiger partial charge in [0, 0.05) is 14.0 Å². The van der Waals surface area contributed by atoms with E-state index in [1.54, 1.807) is 0 Å². The molecule has 116 valence electrons. The van der Waals surface area contributed by atoms with Crippen molar-refractivity contribution in [3.05, 3.63) is 24.3 Å². The fraction of sp³-hybridized carbons (Fsp3) is 0.706. The van der Waals surface area contributed by atoms with E-state index in [-0.39, 0.29) is 5.97 Å². The van der Waals surface area contributed by atoms with E-state index in [4.69, 9.17) is 9.84 Å². The summed E-state index contributed by atoms with van der Waals surface area (Å²) in [6.45, 7) is 4.00. The van der Waals surface area contributed by atoms with Crippen molar-refractivity contribution in [1.82, 2.24) is 0 Å². The van der Waals surface area contributed by atoms with Gasteiger partial charge in [-0.15, -0.1) is 0 Å². The highest BCUT2D eigenvalue weighted by Crippen LogP contribution is 2.35. The van der Waals surface area contributed by atoms with Gasteiger partial charge in [0.1, 0.15) is 0 Å². The Morgan fingerprint density at radius 1 is 1.15 bits per heavy atom. The molecule has 0 spiro atoms. The summed E-state index contributed by atoms with van der Waals surface area (Å²) < 4.78 is 4.70. The first-order valence-electron chi connectivity index (χ1n) is 7.63. The number of ether oxygens (including phenoxy) is 1. The second-order valence-corrected chi connectivity index (χ2v) is 5.07. The van der Waals surface area contributed by atoms with Gasteiger partial charge < -0.3 is 9.84 Å². The normalized spacial score (nSPS) is 22.6. The lowest BCUT2D eigenvalue weighted by Crippen LogP contribution is -2.16. The Balaban J connectivity index is 0.000000324. The molecule has 0 amide bonds. The van der Waals surface area contributed by atoms with Crippen LogP contribution in [0.4, 0.5) is 0 Å². The molecule has 20 heavy (non-hydrogen) atoms. The maximum absolute atomic E-state index is 10.2. The van der Waals surface area contributed by atoms with Crippen molar-refractivity contribution in [2.45, 2.75) is 52.4 Å². The van der Waals surface area contributed by atoms with Gasteiger partial charge in [0.25, 0.3) is 0 Å². The highest BCUT2D eigenvalue weighted by molar-refractivity contribution is 5.65. The minimum atomic E-state index is -0.204. The number of esters is 1. The minimum absolute atomic E-state index is 0.204. The number of carbonyl (C=O) groups excluding carboxylic acids is 1. The largest absolute Gasteiger partial charge is 0.466 e. The Kier molecular flexibility index (Phi) is 12.2. The standard InChI is InChI=1S/C8H14O2.C8H12.CH4O/c1-3-4-5-6-7-10-8(2)9;1-2-8-5-3-7(1)4-6-8;1-2/h4-5H,3,6-7H2,1-2H3;1-2,7-8H,3-6H2;2H,1H3. The molecule has 0 unspecified atom stereocenters. The molecule has 3 rings (SSSR count). The van der Waals surface area contributed by atoms with E-state index in [9.17, 15) is 4.79 Å². The summed E-state index contributed by atoms with van der Waals surface area (Å²) in [5.41, 5.74) is 0. The summed E-state index contributed by atoms with van der Waals surface area (Å²) in [5.74, 6) is 1.74. The van der Waals surface area contributed by atoms with E-state index in [1.807, 2.05) is 6.08 Å². The minimum Gasteiger partial charge on any atom is -0.466 e. The predicted octanol–water partition coefficient (Wildman–Crippen LogP) is 3.88. The van der Waals surface area contributed by atoms with Crippen LogP contribution in [-0.2, 0) is 9.53 Å². The zero-order chi connectivity index (χ0) is 15.2. The Labute approximate surface area is 123 Å². The molecule has 0 aliphatic heterocycles. The Hall–Kier alpha value is -1.09. The quantitative estimate of drug-likeness (QED) is 0.483. The Morgan fingerprint density at radius 2 is 1.65 bits per heavy atom. The summed E-state index contributed by atoms with van der Waals surface area (Å²) >= 11 is 0. The van der Waals surface area contributed by atoms with Crippen LogP contribution in [0.15, 0.2) is 24.3 Å². The SMILES string of the molecule is C1=CC2CCC1CC2.CCC=CCCOC(C)=O.CO. The molecular formula is C17H30O3. The van der Waals surface area contributed by atoms with Crippen LogP contribution in [0.2, 0.25) is 0 Å². The molecule has 3 nitrogen and oxygen atoms in total. The Morgan fingerprint density at radius 3 is 1.95 bits per heavy atom. The highest BCUT2D eigenvalue weighted by atomic mass is 16.5. The van der Waals surface area contributed by atoms with Gasteiger partial charge in [0.15, 0.2) is 0 Å². The number of carbonyl (C=O) groups is 1. The van der Waals surface area contributed by atoms with Crippen LogP contribution in [0.5, 0.6) is 0 Å². The van der Waals surface area contributed by atoms with Gasteiger partial charge in [-0.25, -0.2) is 0 Å². The predicted molar refractivity (Wildman–Crippen MR) is 83.4 cm³/mol. The van der Waals surface area contributed by atoms with Crippen LogP contribution in [0.1, 0.15) is 52.4 Å². The van der Waals surface area contributed by atoms with E-state index in [2.05, 4.69) is 25.2 Å². The molecule has 3 heteroatoms. The third-order valence-corrected chi connectivity index (χ3v) is 3.46. The molecule has 0 aromatic rings. The van der Waals surface area contributed by atoms with E-state index in [0.717, 1.165) is 31.8 Å². The van der Waals surface area contributed by atoms with Gasteiger partial charge in [-0.05, 0) is 50.4 Å². The number of hydrogen-bond donors (Lipinski definition) is 1. The molecule has 0 heterocycles. The van der Waals surface area contributed by atoms with Gasteiger partial charge in [-0.1, -0.05) is 31.2 Å². The number of hydrogen-bond acceptors (Lipinski definition) is 3. The molecule has 1 N–H and O–H groups in total. The average Bonchev–Trinajstić information content (AvgIpc) is 2.51. The summed E-state index contributed by atoms with van der Waals surface area (Å²) in [6.07, 6.45) is 16.7. The lowest BCUT2D eigenvalue weighted by Gasteiger charge is -2.29. The lowest BCUT2D eigenvalue weighted by atomic mass is 9.76. The van der Waals surface area contributed by atoms with Crippen LogP contribution >= 0.6 is 0 Å². The first kappa shape index (κ1) is 18.9. The number of fused-ring (bicyclic) bond motifs is 2. The molecule has 1 fully saturated rings. The third-order valence-electron chi connectivity index (χ3n) is 3.46. The fourth-order valence-electron chi connectivity index (χ4n) is 2.40. The monoisotopic (exact) mass is 282 g/mol. The first-order valence-corrected chi connectivity index (χ1v) is 7.63. The molecule has 0 radical (unpaired) electrons. The maximum Gasteiger partial charge on any atom is 0.302 e. The lowest BCUT2D eigenvalue weighted by molar-refractivity contribution is -0.140. The van der Waals surface area contributed by atoms with E-state index in [0.29, 0.717) is 6.61 Å². The van der Waals surface area contributed by atoms with Crippen molar-refractivity contribution < 1.29 is 14.6 Å². The zero-order valence-electron chi connectivity index (χ0n) is 13.2. The van der Waals surface area contributed by atoms with Crippen molar-refractivity contribution >= 4 is 5.97 Å². The van der Waals surface area contributed by atoms with Crippen molar-refractivity contribution in [2.75, 3.05) is 13.7 Å². The van der Waals surface area contributed by atoms with Crippen molar-refractivity contribution in [3.8, 4) is 0 Å². The average molecular weight is 282 g/mol. The third kappa shape index (κ3) is 9.79. The summed E-state index contributed by atoms with van der Waals surface area (Å²) in [4.78, 5) is 10.2. The molecule has 0 aromatic carbocycles. The number of rotatable bonds is 4. The van der Waals surface area contributed by atoms with E-state index < -0.39 is 0 Å². The molecule has 1 saturated carbocycles. The van der Waals surface area contributed by atoms with Crippen molar-refractivity contribution in [3.63, 3.8) is 0 Å². The number of allylic oxidation sites excluding steroid dienone is 3. The van der Waals surface area contributed by atoms with Crippen LogP contribution in [0.3, 0.4) is 0 Å². The van der Waals surface area contributed by atoms with Crippen LogP contribution in [0, 0.1) is 11.8 Å². The highest BCUT2D eigenvalue weighted by Gasteiger charge is 2.21. The van der Waals surface area contributed by atoms with Crippen LogP contribution in [0.25, 0.3) is 0 Å². The Bertz CT molecular complexity index is 273. The topological polar surface area (TPSA) is 46.5 Å². The number of aliphatic hydroxyl groups is 1. The van der Waals surface area contributed by atoms with Gasteiger partial charge in [0.2, 0.25) is 0 Å². The van der Waals surface area contributed by atoms with Crippen molar-refractivity contribution in [2.24, 2.45) is 11.8 Å². The van der Waals surface area contributed by atoms with Crippen LogP contribution in [-0.4, -0.2) is 24.8 Å². The summed E-state index contributed by atoms with van der Waals surface area (Å²) in [7, 11) is 1.00. The van der Waals surface area contributed by atoms with E-state index >= 15 is 0 Å². The fourth-order valence-corrected chi connectivity index (χ4v) is 2.40. The summed E-state index contributed by atoms with van der Waals surface area (Å²) in [6, 6.07) is 0. The van der Waals surface area contributed by atoms with E-state index in [1.165, 1.54) is 32.6 Å². The molecule has 2 bridgehead atoms. The second-order valence-electron chi connectivity index (χ2n) is 5.07. The number of aliphatic hydroxyl groups excluding tert-OH is 1.